The molecule has 3 rings (SSSR count). The van der Waals surface area contributed by atoms with E-state index in [1.807, 2.05) is 73.2 Å². The number of nitrogens with zero attached hydrogens (tertiary/aromatic N) is 3. The number of carbonyl (C=O) groups is 1. The van der Waals surface area contributed by atoms with Gasteiger partial charge in [-0.25, -0.2) is 4.98 Å². The van der Waals surface area contributed by atoms with Crippen LogP contribution in [0.1, 0.15) is 35.5 Å². The van der Waals surface area contributed by atoms with E-state index in [9.17, 15) is 10.1 Å². The van der Waals surface area contributed by atoms with Gasteiger partial charge in [0.2, 0.25) is 0 Å². The van der Waals surface area contributed by atoms with Gasteiger partial charge in [0.15, 0.2) is 5.13 Å². The molecule has 136 valence electrons. The molecule has 0 spiro atoms. The van der Waals surface area contributed by atoms with Gasteiger partial charge < -0.3 is 5.32 Å². The van der Waals surface area contributed by atoms with Crippen molar-refractivity contribution in [2.45, 2.75) is 26.8 Å². The number of hydrogen-bond donors (Lipinski definition) is 1. The molecule has 1 atom stereocenters. The van der Waals surface area contributed by atoms with Crippen LogP contribution in [-0.4, -0.2) is 15.5 Å². The molecule has 0 saturated carbocycles. The van der Waals surface area contributed by atoms with E-state index in [0.29, 0.717) is 0 Å². The number of aryl methyl sites for hydroxylation is 1. The Balaban J connectivity index is 1.86. The zero-order chi connectivity index (χ0) is 19.4. The van der Waals surface area contributed by atoms with Crippen molar-refractivity contribution in [3.63, 3.8) is 0 Å². The molecule has 1 aromatic carbocycles. The highest BCUT2D eigenvalue weighted by Crippen LogP contribution is 2.24. The van der Waals surface area contributed by atoms with Crippen LogP contribution in [0.4, 0.5) is 0 Å². The van der Waals surface area contributed by atoms with Crippen LogP contribution in [-0.2, 0) is 4.79 Å². The second-order valence-electron chi connectivity index (χ2n) is 6.25. The van der Waals surface area contributed by atoms with Gasteiger partial charge in [0.05, 0.1) is 6.04 Å². The second-order valence-corrected chi connectivity index (χ2v) is 7.13. The molecule has 0 unspecified atom stereocenters. The van der Waals surface area contributed by atoms with Crippen LogP contribution in [0.3, 0.4) is 0 Å². The fourth-order valence-electron chi connectivity index (χ4n) is 2.96. The van der Waals surface area contributed by atoms with Crippen LogP contribution in [0, 0.1) is 25.2 Å². The standard InChI is InChI=1S/C21H20N4OS/c1-14-11-18(16(3)25(14)21-23-9-10-27-21)12-19(13-22)20(26)24-15(2)17-7-5-4-6-8-17/h4-12,15H,1-3H3,(H,24,26)/b19-12+/t15-/m0/s1. The molecule has 0 radical (unpaired) electrons. The van der Waals surface area contributed by atoms with Gasteiger partial charge in [-0.15, -0.1) is 11.3 Å². The molecule has 1 amide bonds. The normalized spacial score (nSPS) is 12.4. The van der Waals surface area contributed by atoms with Crippen molar-refractivity contribution in [1.82, 2.24) is 14.9 Å². The van der Waals surface area contributed by atoms with Crippen LogP contribution in [0.15, 0.2) is 53.5 Å². The molecule has 5 nitrogen and oxygen atoms in total. The summed E-state index contributed by atoms with van der Waals surface area (Å²) in [6, 6.07) is 13.5. The van der Waals surface area contributed by atoms with E-state index < -0.39 is 0 Å². The Morgan fingerprint density at radius 1 is 1.33 bits per heavy atom. The molecule has 0 aliphatic carbocycles. The summed E-state index contributed by atoms with van der Waals surface area (Å²) in [4.78, 5) is 16.9. The molecule has 0 saturated heterocycles. The van der Waals surface area contributed by atoms with Crippen molar-refractivity contribution in [1.29, 1.82) is 5.26 Å². The number of amides is 1. The third kappa shape index (κ3) is 3.99. The zero-order valence-electron chi connectivity index (χ0n) is 15.4. The Labute approximate surface area is 162 Å². The second kappa shape index (κ2) is 8.02. The van der Waals surface area contributed by atoms with Gasteiger partial charge in [0, 0.05) is 23.0 Å². The molecule has 1 N–H and O–H groups in total. The summed E-state index contributed by atoms with van der Waals surface area (Å²) in [5.74, 6) is -0.382. The van der Waals surface area contributed by atoms with Crippen molar-refractivity contribution >= 4 is 23.3 Å². The monoisotopic (exact) mass is 376 g/mol. The Morgan fingerprint density at radius 3 is 2.70 bits per heavy atom. The minimum Gasteiger partial charge on any atom is -0.345 e. The van der Waals surface area contributed by atoms with E-state index in [1.54, 1.807) is 23.6 Å². The maximum Gasteiger partial charge on any atom is 0.262 e. The molecule has 2 heterocycles. The average molecular weight is 376 g/mol. The summed E-state index contributed by atoms with van der Waals surface area (Å²) in [6.45, 7) is 5.84. The first-order valence-electron chi connectivity index (χ1n) is 8.57. The van der Waals surface area contributed by atoms with Crippen LogP contribution in [0.25, 0.3) is 11.2 Å². The molecule has 6 heteroatoms. The molecule has 3 aromatic rings. The lowest BCUT2D eigenvalue weighted by Crippen LogP contribution is -2.27. The van der Waals surface area contributed by atoms with Gasteiger partial charge in [-0.2, -0.15) is 5.26 Å². The van der Waals surface area contributed by atoms with Gasteiger partial charge in [-0.1, -0.05) is 30.3 Å². The van der Waals surface area contributed by atoms with E-state index >= 15 is 0 Å². The molecular weight excluding hydrogens is 356 g/mol. The van der Waals surface area contributed by atoms with Gasteiger partial charge in [0.1, 0.15) is 11.6 Å². The van der Waals surface area contributed by atoms with Crippen molar-refractivity contribution in [2.75, 3.05) is 0 Å². The third-order valence-electron chi connectivity index (χ3n) is 4.39. The quantitative estimate of drug-likeness (QED) is 0.532. The molecule has 0 aliphatic rings. The fourth-order valence-corrected chi connectivity index (χ4v) is 3.71. The Hall–Kier alpha value is -3.17. The largest absolute Gasteiger partial charge is 0.345 e. The van der Waals surface area contributed by atoms with E-state index in [4.69, 9.17) is 0 Å². The van der Waals surface area contributed by atoms with E-state index in [2.05, 4.69) is 10.3 Å². The number of rotatable bonds is 5. The summed E-state index contributed by atoms with van der Waals surface area (Å²) < 4.78 is 2.02. The first kappa shape index (κ1) is 18.6. The molecule has 2 aromatic heterocycles. The van der Waals surface area contributed by atoms with Crippen molar-refractivity contribution in [3.05, 3.63) is 76.1 Å². The minimum absolute atomic E-state index is 0.0807. The van der Waals surface area contributed by atoms with Crippen LogP contribution in [0.5, 0.6) is 0 Å². The Bertz CT molecular complexity index is 1010. The summed E-state index contributed by atoms with van der Waals surface area (Å²) in [5, 5.41) is 15.2. The lowest BCUT2D eigenvalue weighted by atomic mass is 10.1. The topological polar surface area (TPSA) is 70.7 Å². The van der Waals surface area contributed by atoms with Crippen LogP contribution < -0.4 is 5.32 Å². The highest BCUT2D eigenvalue weighted by molar-refractivity contribution is 7.12. The smallest absolute Gasteiger partial charge is 0.262 e. The van der Waals surface area contributed by atoms with Crippen molar-refractivity contribution < 1.29 is 4.79 Å². The third-order valence-corrected chi connectivity index (χ3v) is 5.15. The van der Waals surface area contributed by atoms with E-state index in [0.717, 1.165) is 27.6 Å². The van der Waals surface area contributed by atoms with Crippen LogP contribution in [0.2, 0.25) is 0 Å². The molecule has 0 aliphatic heterocycles. The van der Waals surface area contributed by atoms with Crippen molar-refractivity contribution in [2.24, 2.45) is 0 Å². The van der Waals surface area contributed by atoms with E-state index in [-0.39, 0.29) is 17.5 Å². The fraction of sp³-hybridized carbons (Fsp3) is 0.190. The number of carbonyl (C=O) groups excluding carboxylic acids is 1. The lowest BCUT2D eigenvalue weighted by Gasteiger charge is -2.13. The average Bonchev–Trinajstić information content (AvgIpc) is 3.28. The number of benzene rings is 1. The van der Waals surface area contributed by atoms with Gasteiger partial charge in [0.25, 0.3) is 5.91 Å². The maximum absolute atomic E-state index is 12.6. The molecule has 0 bridgehead atoms. The van der Waals surface area contributed by atoms with Gasteiger partial charge in [-0.3, -0.25) is 9.36 Å². The number of hydrogen-bond acceptors (Lipinski definition) is 4. The highest BCUT2D eigenvalue weighted by atomic mass is 32.1. The summed E-state index contributed by atoms with van der Waals surface area (Å²) >= 11 is 1.54. The number of nitrogens with one attached hydrogen (secondary N) is 1. The highest BCUT2D eigenvalue weighted by Gasteiger charge is 2.16. The van der Waals surface area contributed by atoms with E-state index in [1.165, 1.54) is 0 Å². The molecule has 0 fully saturated rings. The Morgan fingerprint density at radius 2 is 2.07 bits per heavy atom. The summed E-state index contributed by atoms with van der Waals surface area (Å²) in [6.07, 6.45) is 3.40. The van der Waals surface area contributed by atoms with Crippen LogP contribution >= 0.6 is 11.3 Å². The predicted molar refractivity (Wildman–Crippen MR) is 108 cm³/mol. The molecule has 27 heavy (non-hydrogen) atoms. The van der Waals surface area contributed by atoms with Gasteiger partial charge >= 0.3 is 0 Å². The number of aromatic nitrogens is 2. The first-order valence-corrected chi connectivity index (χ1v) is 9.45. The lowest BCUT2D eigenvalue weighted by molar-refractivity contribution is -0.117. The Kier molecular flexibility index (Phi) is 5.53. The minimum atomic E-state index is -0.382. The number of thiazole rings is 1. The molecular formula is C21H20N4OS. The predicted octanol–water partition coefficient (Wildman–Crippen LogP) is 4.34. The van der Waals surface area contributed by atoms with Crippen molar-refractivity contribution in [3.8, 4) is 11.2 Å². The SMILES string of the molecule is Cc1cc(/C=C(\C#N)C(=O)N[C@@H](C)c2ccccc2)c(C)n1-c1nccs1. The summed E-state index contributed by atoms with van der Waals surface area (Å²) in [5.41, 5.74) is 3.85. The first-order chi connectivity index (χ1) is 13.0. The van der Waals surface area contributed by atoms with Gasteiger partial charge in [-0.05, 0) is 44.0 Å². The zero-order valence-corrected chi connectivity index (χ0v) is 16.2. The summed E-state index contributed by atoms with van der Waals surface area (Å²) in [7, 11) is 0. The number of nitriles is 1. The maximum atomic E-state index is 12.6.